The van der Waals surface area contributed by atoms with E-state index < -0.39 is 5.92 Å². The zero-order chi connectivity index (χ0) is 28.1. The molecule has 1 aliphatic heterocycles. The van der Waals surface area contributed by atoms with E-state index in [1.807, 2.05) is 31.2 Å². The third kappa shape index (κ3) is 5.88. The number of thiazole rings is 1. The summed E-state index contributed by atoms with van der Waals surface area (Å²) in [5.74, 6) is -0.195. The number of furan rings is 1. The standard InChI is InChI=1S/C29H25N5O4S2/c1-3-37-19-12-10-18(11-13-19)32-27(36)25-17(2)31-28(20(15-30)26(25)22-8-6-14-38-22)39-16-24(35)34-29-33-21-7-4-5-9-23(21)40-29/h4-14,26,31H,3,16H2,1-2H3,(H,32,36)(H,33,34,35)/t26-/m0/s1. The van der Waals surface area contributed by atoms with Gasteiger partial charge in [-0.1, -0.05) is 35.2 Å². The van der Waals surface area contributed by atoms with Crippen LogP contribution in [0.2, 0.25) is 0 Å². The fourth-order valence-corrected chi connectivity index (χ4v) is 6.06. The van der Waals surface area contributed by atoms with Crippen molar-refractivity contribution in [3.63, 3.8) is 0 Å². The predicted molar refractivity (Wildman–Crippen MR) is 157 cm³/mol. The Hall–Kier alpha value is -4.53. The molecule has 0 saturated carbocycles. The molecular formula is C29H25N5O4S2. The van der Waals surface area contributed by atoms with Crippen LogP contribution in [0.5, 0.6) is 5.75 Å². The molecule has 1 atom stereocenters. The number of hydrogen-bond acceptors (Lipinski definition) is 9. The average molecular weight is 572 g/mol. The van der Waals surface area contributed by atoms with Gasteiger partial charge in [0.1, 0.15) is 11.5 Å². The van der Waals surface area contributed by atoms with Crippen molar-refractivity contribution in [3.8, 4) is 11.8 Å². The van der Waals surface area contributed by atoms with Gasteiger partial charge in [-0.15, -0.1) is 0 Å². The number of anilines is 2. The largest absolute Gasteiger partial charge is 0.494 e. The van der Waals surface area contributed by atoms with Crippen LogP contribution < -0.4 is 20.7 Å². The highest BCUT2D eigenvalue weighted by atomic mass is 32.2. The lowest BCUT2D eigenvalue weighted by atomic mass is 9.85. The van der Waals surface area contributed by atoms with Crippen molar-refractivity contribution in [2.45, 2.75) is 19.8 Å². The van der Waals surface area contributed by atoms with Crippen LogP contribution in [-0.4, -0.2) is 29.2 Å². The third-order valence-electron chi connectivity index (χ3n) is 6.03. The molecule has 0 aliphatic carbocycles. The number of allylic oxidation sites excluding steroid dienone is 2. The number of rotatable bonds is 9. The van der Waals surface area contributed by atoms with E-state index >= 15 is 0 Å². The molecule has 0 bridgehead atoms. The van der Waals surface area contributed by atoms with Crippen LogP contribution in [0.3, 0.4) is 0 Å². The quantitative estimate of drug-likeness (QED) is 0.223. The van der Waals surface area contributed by atoms with E-state index in [0.717, 1.165) is 10.2 Å². The van der Waals surface area contributed by atoms with Crippen molar-refractivity contribution < 1.29 is 18.7 Å². The second-order valence-corrected chi connectivity index (χ2v) is 10.7. The van der Waals surface area contributed by atoms with E-state index in [4.69, 9.17) is 9.15 Å². The highest BCUT2D eigenvalue weighted by Crippen LogP contribution is 2.41. The fraction of sp³-hybridized carbons (Fsp3) is 0.172. The number of thioether (sulfide) groups is 1. The monoisotopic (exact) mass is 571 g/mol. The van der Waals surface area contributed by atoms with E-state index in [1.165, 1.54) is 29.4 Å². The minimum atomic E-state index is -0.751. The summed E-state index contributed by atoms with van der Waals surface area (Å²) in [4.78, 5) is 30.7. The Kier molecular flexibility index (Phi) is 8.19. The zero-order valence-electron chi connectivity index (χ0n) is 21.7. The number of amides is 2. The number of carbonyl (C=O) groups is 2. The van der Waals surface area contributed by atoms with Gasteiger partial charge in [0.15, 0.2) is 5.13 Å². The molecular weight excluding hydrogens is 546 g/mol. The summed E-state index contributed by atoms with van der Waals surface area (Å²) in [6, 6.07) is 20.4. The molecule has 0 saturated heterocycles. The van der Waals surface area contributed by atoms with Crippen LogP contribution in [0.4, 0.5) is 10.8 Å². The lowest BCUT2D eigenvalue weighted by Crippen LogP contribution is -2.31. The van der Waals surface area contributed by atoms with Gasteiger partial charge in [0.25, 0.3) is 5.91 Å². The van der Waals surface area contributed by atoms with Gasteiger partial charge >= 0.3 is 0 Å². The summed E-state index contributed by atoms with van der Waals surface area (Å²) in [6.07, 6.45) is 1.50. The topological polar surface area (TPSA) is 129 Å². The predicted octanol–water partition coefficient (Wildman–Crippen LogP) is 5.99. The Morgan fingerprint density at radius 2 is 1.95 bits per heavy atom. The molecule has 3 N–H and O–H groups in total. The van der Waals surface area contributed by atoms with Crippen LogP contribution in [0, 0.1) is 11.3 Å². The number of nitrogens with zero attached hydrogens (tertiary/aromatic N) is 2. The molecule has 9 nitrogen and oxygen atoms in total. The lowest BCUT2D eigenvalue weighted by Gasteiger charge is -2.28. The second-order valence-electron chi connectivity index (χ2n) is 8.70. The molecule has 0 radical (unpaired) electrons. The molecule has 40 heavy (non-hydrogen) atoms. The second kappa shape index (κ2) is 12.1. The van der Waals surface area contributed by atoms with Crippen LogP contribution in [-0.2, 0) is 9.59 Å². The van der Waals surface area contributed by atoms with E-state index in [1.54, 1.807) is 43.3 Å². The number of para-hydroxylation sites is 1. The molecule has 2 aromatic carbocycles. The fourth-order valence-electron chi connectivity index (χ4n) is 4.29. The molecule has 0 spiro atoms. The smallest absolute Gasteiger partial charge is 0.254 e. The molecule has 2 aromatic heterocycles. The Morgan fingerprint density at radius 3 is 2.65 bits per heavy atom. The third-order valence-corrected chi connectivity index (χ3v) is 8.00. The number of nitriles is 1. The highest BCUT2D eigenvalue weighted by molar-refractivity contribution is 8.03. The number of fused-ring (bicyclic) bond motifs is 1. The SMILES string of the molecule is CCOc1ccc(NC(=O)C2=C(C)NC(SCC(=O)Nc3nc4ccccc4s3)=C(C#N)[C@H]2c2ccco2)cc1. The number of hydrogen-bond donors (Lipinski definition) is 3. The summed E-state index contributed by atoms with van der Waals surface area (Å²) < 4.78 is 12.1. The summed E-state index contributed by atoms with van der Waals surface area (Å²) in [6.45, 7) is 4.21. The van der Waals surface area contributed by atoms with Crippen molar-refractivity contribution in [1.82, 2.24) is 10.3 Å². The maximum Gasteiger partial charge on any atom is 0.254 e. The first-order valence-corrected chi connectivity index (χ1v) is 14.2. The van der Waals surface area contributed by atoms with Gasteiger partial charge in [-0.2, -0.15) is 5.26 Å². The summed E-state index contributed by atoms with van der Waals surface area (Å²) in [7, 11) is 0. The maximum atomic E-state index is 13.5. The van der Waals surface area contributed by atoms with Crippen molar-refractivity contribution in [1.29, 1.82) is 5.26 Å². The van der Waals surface area contributed by atoms with Gasteiger partial charge in [-0.25, -0.2) is 4.98 Å². The number of carbonyl (C=O) groups excluding carboxylic acids is 2. The van der Waals surface area contributed by atoms with Gasteiger partial charge in [-0.3, -0.25) is 9.59 Å². The zero-order valence-corrected chi connectivity index (χ0v) is 23.3. The maximum absolute atomic E-state index is 13.5. The number of ether oxygens (including phenoxy) is 1. The average Bonchev–Trinajstić information content (AvgIpc) is 3.62. The molecule has 0 unspecified atom stereocenters. The number of aromatic nitrogens is 1. The number of benzene rings is 2. The lowest BCUT2D eigenvalue weighted by molar-refractivity contribution is -0.114. The van der Waals surface area contributed by atoms with E-state index in [2.05, 4.69) is 27.0 Å². The first-order valence-electron chi connectivity index (χ1n) is 12.4. The summed E-state index contributed by atoms with van der Waals surface area (Å²) in [5, 5.41) is 20.1. The molecule has 1 aliphatic rings. The number of nitrogens with one attached hydrogen (secondary N) is 3. The minimum Gasteiger partial charge on any atom is -0.494 e. The van der Waals surface area contributed by atoms with Crippen LogP contribution in [0.1, 0.15) is 25.5 Å². The normalized spacial score (nSPS) is 15.0. The van der Waals surface area contributed by atoms with Crippen LogP contribution in [0.25, 0.3) is 10.2 Å². The Labute approximate surface area is 238 Å². The van der Waals surface area contributed by atoms with Gasteiger partial charge in [-0.05, 0) is 62.4 Å². The molecule has 3 heterocycles. The first kappa shape index (κ1) is 27.1. The van der Waals surface area contributed by atoms with Gasteiger partial charge < -0.3 is 25.1 Å². The molecule has 202 valence electrons. The van der Waals surface area contributed by atoms with E-state index in [-0.39, 0.29) is 23.1 Å². The summed E-state index contributed by atoms with van der Waals surface area (Å²) >= 11 is 2.58. The van der Waals surface area contributed by atoms with Gasteiger partial charge in [0.2, 0.25) is 5.91 Å². The van der Waals surface area contributed by atoms with Gasteiger partial charge in [0, 0.05) is 11.4 Å². The number of dihydropyridines is 1. The van der Waals surface area contributed by atoms with Crippen molar-refractivity contribution >= 4 is 55.9 Å². The van der Waals surface area contributed by atoms with Gasteiger partial charge in [0.05, 0.1) is 57.0 Å². The Bertz CT molecular complexity index is 1620. The molecule has 2 amide bonds. The van der Waals surface area contributed by atoms with Crippen LogP contribution in [0.15, 0.2) is 93.2 Å². The highest BCUT2D eigenvalue weighted by Gasteiger charge is 2.36. The molecule has 5 rings (SSSR count). The van der Waals surface area contributed by atoms with E-state index in [9.17, 15) is 14.9 Å². The van der Waals surface area contributed by atoms with E-state index in [0.29, 0.717) is 45.2 Å². The molecule has 0 fully saturated rings. The van der Waals surface area contributed by atoms with Crippen LogP contribution >= 0.6 is 23.1 Å². The van der Waals surface area contributed by atoms with Crippen molar-refractivity contribution in [2.24, 2.45) is 0 Å². The minimum absolute atomic E-state index is 0.0370. The van der Waals surface area contributed by atoms with Crippen molar-refractivity contribution in [2.75, 3.05) is 23.0 Å². The first-order chi connectivity index (χ1) is 19.5. The molecule has 4 aromatic rings. The Balaban J connectivity index is 1.34. The summed E-state index contributed by atoms with van der Waals surface area (Å²) in [5.41, 5.74) is 2.59. The molecule has 11 heteroatoms. The van der Waals surface area contributed by atoms with Crippen molar-refractivity contribution in [3.05, 3.63) is 94.6 Å². The Morgan fingerprint density at radius 1 is 1.15 bits per heavy atom.